The standard InChI is InChI=1S/C12H23N3O/c1-6-16-12(3,4)9-13-7-11-8-15(5)14-10(11)2/h8,13H,6-7,9H2,1-5H3. The van der Waals surface area contributed by atoms with Crippen LogP contribution < -0.4 is 5.32 Å². The van der Waals surface area contributed by atoms with Crippen molar-refractivity contribution in [3.05, 3.63) is 17.5 Å². The molecular formula is C12H23N3O. The molecule has 1 aromatic heterocycles. The topological polar surface area (TPSA) is 39.1 Å². The minimum atomic E-state index is -0.106. The van der Waals surface area contributed by atoms with Crippen molar-refractivity contribution in [3.63, 3.8) is 0 Å². The lowest BCUT2D eigenvalue weighted by Crippen LogP contribution is -2.37. The summed E-state index contributed by atoms with van der Waals surface area (Å²) in [7, 11) is 1.95. The molecule has 0 bridgehead atoms. The summed E-state index contributed by atoms with van der Waals surface area (Å²) in [4.78, 5) is 0. The van der Waals surface area contributed by atoms with Crippen molar-refractivity contribution in [2.24, 2.45) is 7.05 Å². The van der Waals surface area contributed by atoms with Gasteiger partial charge in [-0.25, -0.2) is 0 Å². The van der Waals surface area contributed by atoms with Crippen molar-refractivity contribution in [1.82, 2.24) is 15.1 Å². The maximum Gasteiger partial charge on any atom is 0.0750 e. The molecule has 0 saturated carbocycles. The van der Waals surface area contributed by atoms with E-state index in [9.17, 15) is 0 Å². The van der Waals surface area contributed by atoms with Crippen LogP contribution in [0.3, 0.4) is 0 Å². The van der Waals surface area contributed by atoms with Gasteiger partial charge in [-0.15, -0.1) is 0 Å². The normalized spacial score (nSPS) is 12.1. The Morgan fingerprint density at radius 3 is 2.69 bits per heavy atom. The highest BCUT2D eigenvalue weighted by Crippen LogP contribution is 2.08. The highest BCUT2D eigenvalue weighted by Gasteiger charge is 2.16. The van der Waals surface area contributed by atoms with Gasteiger partial charge in [0.2, 0.25) is 0 Å². The second-order valence-electron chi connectivity index (χ2n) is 4.71. The Labute approximate surface area is 98.0 Å². The van der Waals surface area contributed by atoms with Crippen molar-refractivity contribution in [2.45, 2.75) is 39.8 Å². The highest BCUT2D eigenvalue weighted by molar-refractivity contribution is 5.14. The molecule has 4 nitrogen and oxygen atoms in total. The summed E-state index contributed by atoms with van der Waals surface area (Å²) < 4.78 is 7.47. The molecule has 1 aromatic rings. The van der Waals surface area contributed by atoms with E-state index in [0.717, 1.165) is 25.4 Å². The summed E-state index contributed by atoms with van der Waals surface area (Å²) in [5.41, 5.74) is 2.23. The van der Waals surface area contributed by atoms with Crippen LogP contribution in [-0.4, -0.2) is 28.5 Å². The minimum Gasteiger partial charge on any atom is -0.375 e. The molecule has 0 atom stereocenters. The molecule has 0 aliphatic rings. The largest absolute Gasteiger partial charge is 0.375 e. The first-order chi connectivity index (χ1) is 7.44. The predicted octanol–water partition coefficient (Wildman–Crippen LogP) is 1.63. The number of hydrogen-bond acceptors (Lipinski definition) is 3. The van der Waals surface area contributed by atoms with Crippen molar-refractivity contribution in [3.8, 4) is 0 Å². The Balaban J connectivity index is 2.38. The van der Waals surface area contributed by atoms with Gasteiger partial charge < -0.3 is 10.1 Å². The number of hydrogen-bond donors (Lipinski definition) is 1. The van der Waals surface area contributed by atoms with Crippen LogP contribution >= 0.6 is 0 Å². The molecule has 16 heavy (non-hydrogen) atoms. The van der Waals surface area contributed by atoms with Gasteiger partial charge in [-0.05, 0) is 27.7 Å². The van der Waals surface area contributed by atoms with E-state index in [-0.39, 0.29) is 5.60 Å². The summed E-state index contributed by atoms with van der Waals surface area (Å²) in [6.45, 7) is 10.7. The first kappa shape index (κ1) is 13.2. The van der Waals surface area contributed by atoms with Gasteiger partial charge in [-0.1, -0.05) is 0 Å². The molecule has 1 N–H and O–H groups in total. The van der Waals surface area contributed by atoms with Gasteiger partial charge in [0.25, 0.3) is 0 Å². The van der Waals surface area contributed by atoms with E-state index >= 15 is 0 Å². The molecule has 1 heterocycles. The van der Waals surface area contributed by atoms with E-state index in [4.69, 9.17) is 4.74 Å². The molecular weight excluding hydrogens is 202 g/mol. The Morgan fingerprint density at radius 1 is 1.50 bits per heavy atom. The van der Waals surface area contributed by atoms with Crippen molar-refractivity contribution < 1.29 is 4.74 Å². The summed E-state index contributed by atoms with van der Waals surface area (Å²) in [6.07, 6.45) is 2.05. The van der Waals surface area contributed by atoms with Crippen molar-refractivity contribution >= 4 is 0 Å². The van der Waals surface area contributed by atoms with Gasteiger partial charge in [0.05, 0.1) is 11.3 Å². The fourth-order valence-corrected chi connectivity index (χ4v) is 1.76. The Morgan fingerprint density at radius 2 is 2.19 bits per heavy atom. The minimum absolute atomic E-state index is 0.106. The SMILES string of the molecule is CCOC(C)(C)CNCc1cn(C)nc1C. The van der Waals surface area contributed by atoms with Crippen LogP contribution in [0, 0.1) is 6.92 Å². The van der Waals surface area contributed by atoms with Crippen LogP contribution in [0.25, 0.3) is 0 Å². The van der Waals surface area contributed by atoms with E-state index in [1.54, 1.807) is 0 Å². The van der Waals surface area contributed by atoms with Gasteiger partial charge in [0.1, 0.15) is 0 Å². The maximum absolute atomic E-state index is 5.62. The molecule has 0 fully saturated rings. The second-order valence-corrected chi connectivity index (χ2v) is 4.71. The molecule has 0 saturated heterocycles. The quantitative estimate of drug-likeness (QED) is 0.800. The zero-order chi connectivity index (χ0) is 12.2. The van der Waals surface area contributed by atoms with E-state index in [1.165, 1.54) is 5.56 Å². The average Bonchev–Trinajstić information content (AvgIpc) is 2.44. The first-order valence-electron chi connectivity index (χ1n) is 5.78. The number of aryl methyl sites for hydroxylation is 2. The van der Waals surface area contributed by atoms with Crippen LogP contribution in [0.1, 0.15) is 32.0 Å². The lowest BCUT2D eigenvalue weighted by molar-refractivity contribution is -0.00898. The molecule has 0 aliphatic carbocycles. The van der Waals surface area contributed by atoms with Crippen molar-refractivity contribution in [1.29, 1.82) is 0 Å². The van der Waals surface area contributed by atoms with Gasteiger partial charge >= 0.3 is 0 Å². The Hall–Kier alpha value is -0.870. The van der Waals surface area contributed by atoms with Gasteiger partial charge in [0.15, 0.2) is 0 Å². The first-order valence-corrected chi connectivity index (χ1v) is 5.78. The second kappa shape index (κ2) is 5.46. The summed E-state index contributed by atoms with van der Waals surface area (Å²) in [5, 5.41) is 7.71. The number of ether oxygens (including phenoxy) is 1. The Bertz CT molecular complexity index is 331. The van der Waals surface area contributed by atoms with Crippen LogP contribution in [0.2, 0.25) is 0 Å². The lowest BCUT2D eigenvalue weighted by atomic mass is 10.1. The zero-order valence-corrected chi connectivity index (χ0v) is 11.0. The molecule has 4 heteroatoms. The predicted molar refractivity (Wildman–Crippen MR) is 65.4 cm³/mol. The molecule has 0 aromatic carbocycles. The molecule has 0 aliphatic heterocycles. The van der Waals surface area contributed by atoms with Gasteiger partial charge in [-0.2, -0.15) is 5.10 Å². The summed E-state index contributed by atoms with van der Waals surface area (Å²) in [5.74, 6) is 0. The van der Waals surface area contributed by atoms with Crippen LogP contribution in [0.15, 0.2) is 6.20 Å². The van der Waals surface area contributed by atoms with E-state index in [2.05, 4.69) is 30.5 Å². The monoisotopic (exact) mass is 225 g/mol. The molecule has 0 unspecified atom stereocenters. The van der Waals surface area contributed by atoms with Crippen molar-refractivity contribution in [2.75, 3.05) is 13.2 Å². The number of nitrogens with zero attached hydrogens (tertiary/aromatic N) is 2. The molecule has 0 spiro atoms. The number of aromatic nitrogens is 2. The fraction of sp³-hybridized carbons (Fsp3) is 0.750. The summed E-state index contributed by atoms with van der Waals surface area (Å²) in [6, 6.07) is 0. The van der Waals surface area contributed by atoms with E-state index < -0.39 is 0 Å². The maximum atomic E-state index is 5.62. The van der Waals surface area contributed by atoms with E-state index in [1.807, 2.05) is 25.6 Å². The van der Waals surface area contributed by atoms with Crippen LogP contribution in [0.5, 0.6) is 0 Å². The third-order valence-electron chi connectivity index (χ3n) is 2.52. The van der Waals surface area contributed by atoms with Gasteiger partial charge in [0, 0.05) is 38.5 Å². The molecule has 1 rings (SSSR count). The smallest absolute Gasteiger partial charge is 0.0750 e. The number of nitrogens with one attached hydrogen (secondary N) is 1. The Kier molecular flexibility index (Phi) is 4.50. The third kappa shape index (κ3) is 3.94. The molecule has 92 valence electrons. The van der Waals surface area contributed by atoms with Gasteiger partial charge in [-0.3, -0.25) is 4.68 Å². The lowest BCUT2D eigenvalue weighted by Gasteiger charge is -2.24. The zero-order valence-electron chi connectivity index (χ0n) is 11.0. The fourth-order valence-electron chi connectivity index (χ4n) is 1.76. The highest BCUT2D eigenvalue weighted by atomic mass is 16.5. The van der Waals surface area contributed by atoms with Crippen LogP contribution in [-0.2, 0) is 18.3 Å². The number of rotatable bonds is 6. The molecule has 0 amide bonds. The van der Waals surface area contributed by atoms with Crippen LogP contribution in [0.4, 0.5) is 0 Å². The third-order valence-corrected chi connectivity index (χ3v) is 2.52. The van der Waals surface area contributed by atoms with E-state index in [0.29, 0.717) is 0 Å². The molecule has 0 radical (unpaired) electrons. The summed E-state index contributed by atoms with van der Waals surface area (Å²) >= 11 is 0. The average molecular weight is 225 g/mol.